The quantitative estimate of drug-likeness (QED) is 0.494. The number of piperidine rings is 1. The Kier molecular flexibility index (Phi) is 6.60. The maximum absolute atomic E-state index is 12.5. The lowest BCUT2D eigenvalue weighted by atomic mass is 9.72. The number of aryl methyl sites for hydroxylation is 1. The lowest BCUT2D eigenvalue weighted by Gasteiger charge is -2.35. The molecule has 33 heavy (non-hydrogen) atoms. The molecule has 3 aromatic rings. The molecule has 1 aliphatic heterocycles. The maximum Gasteiger partial charge on any atom is 0.237 e. The predicted octanol–water partition coefficient (Wildman–Crippen LogP) is 4.65. The molecule has 1 aromatic heterocycles. The van der Waals surface area contributed by atoms with E-state index in [4.69, 9.17) is 16.0 Å². The van der Waals surface area contributed by atoms with Crippen LogP contribution in [0.15, 0.2) is 59.1 Å². The van der Waals surface area contributed by atoms with Gasteiger partial charge in [-0.05, 0) is 42.7 Å². The summed E-state index contributed by atoms with van der Waals surface area (Å²) in [7, 11) is 0. The Bertz CT molecular complexity index is 1190. The fraction of sp³-hybridized carbons (Fsp3) is 0.280. The molecule has 2 N–H and O–H groups in total. The molecule has 1 saturated heterocycles. The Morgan fingerprint density at radius 1 is 1.18 bits per heavy atom. The van der Waals surface area contributed by atoms with Gasteiger partial charge in [0.2, 0.25) is 17.7 Å². The number of nitrogens with zero attached hydrogens (tertiary/aromatic N) is 1. The second kappa shape index (κ2) is 9.58. The highest BCUT2D eigenvalue weighted by Gasteiger charge is 2.42. The standard InChI is InChI=1S/C25H24ClN3O4/c1-2-25(14-13-22(31)29-24(25)32)16-7-9-17(10-8-16)28-21(30)11-12-23-27-15-20(33-23)18-5-3-4-6-19(18)26/h3-10,15H,2,11-14H2,1H3,(H,28,30)(H,29,31,32). The zero-order valence-corrected chi connectivity index (χ0v) is 18.9. The number of rotatable bonds is 7. The first-order valence-corrected chi connectivity index (χ1v) is 11.2. The average Bonchev–Trinajstić information content (AvgIpc) is 3.28. The number of amides is 3. The number of anilines is 1. The van der Waals surface area contributed by atoms with Gasteiger partial charge in [-0.1, -0.05) is 42.8 Å². The number of carbonyl (C=O) groups excluding carboxylic acids is 3. The minimum atomic E-state index is -0.721. The Balaban J connectivity index is 1.35. The number of hydrogen-bond donors (Lipinski definition) is 2. The largest absolute Gasteiger partial charge is 0.441 e. The normalized spacial score (nSPS) is 18.1. The summed E-state index contributed by atoms with van der Waals surface area (Å²) in [5.41, 5.74) is 1.50. The van der Waals surface area contributed by atoms with Gasteiger partial charge in [-0.25, -0.2) is 4.98 Å². The van der Waals surface area contributed by atoms with Crippen molar-refractivity contribution >= 4 is 35.0 Å². The van der Waals surface area contributed by atoms with Gasteiger partial charge in [0.15, 0.2) is 11.7 Å². The second-order valence-corrected chi connectivity index (χ2v) is 8.44. The topological polar surface area (TPSA) is 101 Å². The van der Waals surface area contributed by atoms with Crippen LogP contribution in [0.1, 0.15) is 44.1 Å². The van der Waals surface area contributed by atoms with E-state index >= 15 is 0 Å². The molecule has 0 aliphatic carbocycles. The third-order valence-corrected chi connectivity index (χ3v) is 6.38. The minimum absolute atomic E-state index is 0.175. The lowest BCUT2D eigenvalue weighted by Crippen LogP contribution is -2.51. The van der Waals surface area contributed by atoms with E-state index < -0.39 is 5.41 Å². The van der Waals surface area contributed by atoms with E-state index in [-0.39, 0.29) is 24.1 Å². The number of imide groups is 1. The van der Waals surface area contributed by atoms with Crippen molar-refractivity contribution in [2.24, 2.45) is 0 Å². The van der Waals surface area contributed by atoms with Gasteiger partial charge < -0.3 is 9.73 Å². The summed E-state index contributed by atoms with van der Waals surface area (Å²) in [6.07, 6.45) is 3.54. The van der Waals surface area contributed by atoms with Gasteiger partial charge in [-0.2, -0.15) is 0 Å². The molecule has 4 rings (SSSR count). The molecule has 0 spiro atoms. The van der Waals surface area contributed by atoms with Crippen LogP contribution < -0.4 is 10.6 Å². The van der Waals surface area contributed by atoms with Gasteiger partial charge in [0, 0.05) is 30.5 Å². The van der Waals surface area contributed by atoms with Crippen molar-refractivity contribution in [1.29, 1.82) is 0 Å². The van der Waals surface area contributed by atoms with Gasteiger partial charge in [0.05, 0.1) is 16.6 Å². The number of benzene rings is 2. The summed E-state index contributed by atoms with van der Waals surface area (Å²) in [5, 5.41) is 5.87. The molecule has 3 amide bonds. The van der Waals surface area contributed by atoms with Crippen molar-refractivity contribution in [3.8, 4) is 11.3 Å². The van der Waals surface area contributed by atoms with Crippen LogP contribution in [0.2, 0.25) is 5.02 Å². The van der Waals surface area contributed by atoms with Gasteiger partial charge >= 0.3 is 0 Å². The molecule has 0 bridgehead atoms. The zero-order valence-electron chi connectivity index (χ0n) is 18.2. The average molecular weight is 466 g/mol. The predicted molar refractivity (Wildman–Crippen MR) is 125 cm³/mol. The van der Waals surface area contributed by atoms with Gasteiger partial charge in [0.1, 0.15) is 0 Å². The molecule has 1 unspecified atom stereocenters. The number of aromatic nitrogens is 1. The van der Waals surface area contributed by atoms with Gasteiger partial charge in [-0.3, -0.25) is 19.7 Å². The van der Waals surface area contributed by atoms with E-state index in [2.05, 4.69) is 15.6 Å². The summed E-state index contributed by atoms with van der Waals surface area (Å²) in [4.78, 5) is 40.7. The van der Waals surface area contributed by atoms with Crippen molar-refractivity contribution in [3.05, 3.63) is 71.2 Å². The molecule has 1 fully saturated rings. The van der Waals surface area contributed by atoms with E-state index in [0.717, 1.165) is 11.1 Å². The zero-order chi connectivity index (χ0) is 23.4. The second-order valence-electron chi connectivity index (χ2n) is 8.04. The van der Waals surface area contributed by atoms with Crippen LogP contribution in [0.4, 0.5) is 5.69 Å². The van der Waals surface area contributed by atoms with Crippen LogP contribution in [-0.2, 0) is 26.2 Å². The van der Waals surface area contributed by atoms with E-state index in [1.54, 1.807) is 24.4 Å². The number of nitrogens with one attached hydrogen (secondary N) is 2. The van der Waals surface area contributed by atoms with Gasteiger partial charge in [-0.15, -0.1) is 0 Å². The molecule has 2 aromatic carbocycles. The first-order valence-electron chi connectivity index (χ1n) is 10.9. The monoisotopic (exact) mass is 465 g/mol. The molecule has 1 atom stereocenters. The van der Waals surface area contributed by atoms with Crippen LogP contribution in [0.5, 0.6) is 0 Å². The Morgan fingerprint density at radius 2 is 1.94 bits per heavy atom. The number of carbonyl (C=O) groups is 3. The van der Waals surface area contributed by atoms with Crippen LogP contribution in [0.3, 0.4) is 0 Å². The van der Waals surface area contributed by atoms with Crippen LogP contribution in [-0.4, -0.2) is 22.7 Å². The fourth-order valence-electron chi connectivity index (χ4n) is 4.09. The van der Waals surface area contributed by atoms with Gasteiger partial charge in [0.25, 0.3) is 0 Å². The van der Waals surface area contributed by atoms with Crippen LogP contribution in [0, 0.1) is 0 Å². The SMILES string of the molecule is CCC1(c2ccc(NC(=O)CCc3ncc(-c4ccccc4Cl)o3)cc2)CCC(=O)NC1=O. The first kappa shape index (κ1) is 22.7. The van der Waals surface area contributed by atoms with E-state index in [9.17, 15) is 14.4 Å². The molecule has 8 heteroatoms. The first-order chi connectivity index (χ1) is 15.9. The molecule has 2 heterocycles. The highest BCUT2D eigenvalue weighted by Crippen LogP contribution is 2.36. The Labute approximate surface area is 196 Å². The van der Waals surface area contributed by atoms with E-state index in [0.29, 0.717) is 48.0 Å². The van der Waals surface area contributed by atoms with Crippen molar-refractivity contribution in [1.82, 2.24) is 10.3 Å². The molecule has 0 radical (unpaired) electrons. The number of hydrogen-bond acceptors (Lipinski definition) is 5. The summed E-state index contributed by atoms with van der Waals surface area (Å²) < 4.78 is 5.74. The number of halogens is 1. The van der Waals surface area contributed by atoms with Crippen LogP contribution >= 0.6 is 11.6 Å². The lowest BCUT2D eigenvalue weighted by molar-refractivity contribution is -0.138. The van der Waals surface area contributed by atoms with Crippen LogP contribution in [0.25, 0.3) is 11.3 Å². The highest BCUT2D eigenvalue weighted by molar-refractivity contribution is 6.33. The summed E-state index contributed by atoms with van der Waals surface area (Å²) >= 11 is 6.19. The summed E-state index contributed by atoms with van der Waals surface area (Å²) in [5.74, 6) is 0.340. The Morgan fingerprint density at radius 3 is 2.64 bits per heavy atom. The fourth-order valence-corrected chi connectivity index (χ4v) is 4.32. The third kappa shape index (κ3) is 4.83. The van der Waals surface area contributed by atoms with Crippen molar-refractivity contribution < 1.29 is 18.8 Å². The highest BCUT2D eigenvalue weighted by atomic mass is 35.5. The molecule has 1 aliphatic rings. The molecular formula is C25H24ClN3O4. The molecule has 7 nitrogen and oxygen atoms in total. The maximum atomic E-state index is 12.5. The van der Waals surface area contributed by atoms with Crippen molar-refractivity contribution in [3.63, 3.8) is 0 Å². The van der Waals surface area contributed by atoms with E-state index in [1.165, 1.54) is 0 Å². The smallest absolute Gasteiger partial charge is 0.237 e. The van der Waals surface area contributed by atoms with Crippen molar-refractivity contribution in [2.75, 3.05) is 5.32 Å². The number of oxazole rings is 1. The summed E-state index contributed by atoms with van der Waals surface area (Å²) in [6.45, 7) is 1.94. The van der Waals surface area contributed by atoms with E-state index in [1.807, 2.05) is 37.3 Å². The molecular weight excluding hydrogens is 442 g/mol. The molecule has 170 valence electrons. The Hall–Kier alpha value is -3.45. The third-order valence-electron chi connectivity index (χ3n) is 6.05. The summed E-state index contributed by atoms with van der Waals surface area (Å²) in [6, 6.07) is 14.5. The van der Waals surface area contributed by atoms with Crippen molar-refractivity contribution in [2.45, 2.75) is 44.4 Å². The molecule has 0 saturated carbocycles. The minimum Gasteiger partial charge on any atom is -0.441 e.